The van der Waals surface area contributed by atoms with Gasteiger partial charge in [-0.05, 0) is 18.1 Å². The van der Waals surface area contributed by atoms with Crippen molar-refractivity contribution in [1.29, 1.82) is 0 Å². The molecule has 1 amide bonds. The molecule has 0 saturated carbocycles. The van der Waals surface area contributed by atoms with Gasteiger partial charge in [0.15, 0.2) is 0 Å². The molecule has 3 nitrogen and oxygen atoms in total. The minimum Gasteiger partial charge on any atom is -0.464 e. The molecule has 1 heterocycles. The van der Waals surface area contributed by atoms with Gasteiger partial charge in [0.05, 0.1) is 12.0 Å². The second-order valence-electron chi connectivity index (χ2n) is 3.98. The van der Waals surface area contributed by atoms with Crippen LogP contribution in [0.25, 0.3) is 11.0 Å². The number of hydrogen-bond donors (Lipinski definition) is 1. The van der Waals surface area contributed by atoms with Gasteiger partial charge in [0.25, 0.3) is 0 Å². The molecule has 0 unspecified atom stereocenters. The van der Waals surface area contributed by atoms with Crippen LogP contribution in [0.4, 0.5) is 0 Å². The largest absolute Gasteiger partial charge is 0.464 e. The zero-order valence-electron chi connectivity index (χ0n) is 9.72. The number of likely N-dealkylation sites (N-methyl/N-ethyl adjacent to an activating group) is 1. The number of rotatable bonds is 4. The van der Waals surface area contributed by atoms with Gasteiger partial charge in [0.2, 0.25) is 5.91 Å². The number of thiol groups is 1. The van der Waals surface area contributed by atoms with Gasteiger partial charge in [-0.25, -0.2) is 0 Å². The summed E-state index contributed by atoms with van der Waals surface area (Å²) >= 11 is 3.97. The molecule has 2 rings (SSSR count). The summed E-state index contributed by atoms with van der Waals surface area (Å²) in [7, 11) is 1.79. The minimum atomic E-state index is 0.0427. The maximum atomic E-state index is 11.4. The summed E-state index contributed by atoms with van der Waals surface area (Å²) < 4.78 is 5.45. The topological polar surface area (TPSA) is 33.5 Å². The predicted octanol–water partition coefficient (Wildman–Crippen LogP) is 2.36. The predicted molar refractivity (Wildman–Crippen MR) is 71.4 cm³/mol. The molecule has 0 bridgehead atoms. The number of para-hydroxylation sites is 1. The molecule has 0 atom stereocenters. The molecule has 0 aliphatic rings. The van der Waals surface area contributed by atoms with E-state index in [0.717, 1.165) is 23.0 Å². The smallest absolute Gasteiger partial charge is 0.232 e. The summed E-state index contributed by atoms with van der Waals surface area (Å²) in [6, 6.07) is 7.92. The number of benzene rings is 1. The molecule has 0 aliphatic carbocycles. The van der Waals surface area contributed by atoms with Crippen LogP contribution in [0.5, 0.6) is 0 Å². The SMILES string of the molecule is CN(CCc1coc2ccccc12)C(=O)CS. The van der Waals surface area contributed by atoms with Gasteiger partial charge in [0, 0.05) is 19.0 Å². The first-order chi connectivity index (χ1) is 8.22. The van der Waals surface area contributed by atoms with Crippen molar-refractivity contribution in [2.75, 3.05) is 19.3 Å². The molecular weight excluding hydrogens is 234 g/mol. The van der Waals surface area contributed by atoms with E-state index in [1.54, 1.807) is 18.2 Å². The summed E-state index contributed by atoms with van der Waals surface area (Å²) in [5.74, 6) is 0.295. The zero-order valence-corrected chi connectivity index (χ0v) is 10.6. The van der Waals surface area contributed by atoms with Crippen molar-refractivity contribution in [3.8, 4) is 0 Å². The first-order valence-electron chi connectivity index (χ1n) is 5.52. The lowest BCUT2D eigenvalue weighted by molar-refractivity contribution is -0.127. The molecule has 4 heteroatoms. The summed E-state index contributed by atoms with van der Waals surface area (Å²) in [4.78, 5) is 13.1. The highest BCUT2D eigenvalue weighted by Gasteiger charge is 2.09. The number of carbonyl (C=O) groups excluding carboxylic acids is 1. The van der Waals surface area contributed by atoms with Crippen LogP contribution in [0.15, 0.2) is 34.9 Å². The van der Waals surface area contributed by atoms with Crippen LogP contribution < -0.4 is 0 Å². The van der Waals surface area contributed by atoms with Crippen molar-refractivity contribution in [3.63, 3.8) is 0 Å². The summed E-state index contributed by atoms with van der Waals surface area (Å²) in [6.07, 6.45) is 2.57. The van der Waals surface area contributed by atoms with E-state index in [1.807, 2.05) is 24.3 Å². The van der Waals surface area contributed by atoms with Crippen molar-refractivity contribution in [2.45, 2.75) is 6.42 Å². The van der Waals surface area contributed by atoms with Gasteiger partial charge in [-0.15, -0.1) is 0 Å². The number of nitrogens with zero attached hydrogens (tertiary/aromatic N) is 1. The van der Waals surface area contributed by atoms with Crippen LogP contribution in [0, 0.1) is 0 Å². The molecule has 0 spiro atoms. The Balaban J connectivity index is 2.07. The number of carbonyl (C=O) groups is 1. The van der Waals surface area contributed by atoms with Gasteiger partial charge in [0.1, 0.15) is 5.58 Å². The van der Waals surface area contributed by atoms with E-state index < -0.39 is 0 Å². The molecule has 1 aromatic carbocycles. The third-order valence-corrected chi connectivity index (χ3v) is 3.11. The van der Waals surface area contributed by atoms with Crippen molar-refractivity contribution < 1.29 is 9.21 Å². The Labute approximate surface area is 106 Å². The van der Waals surface area contributed by atoms with Gasteiger partial charge >= 0.3 is 0 Å². The van der Waals surface area contributed by atoms with Crippen LogP contribution in [-0.4, -0.2) is 30.2 Å². The van der Waals surface area contributed by atoms with E-state index in [0.29, 0.717) is 6.54 Å². The highest BCUT2D eigenvalue weighted by atomic mass is 32.1. The average molecular weight is 249 g/mol. The number of fused-ring (bicyclic) bond motifs is 1. The molecule has 0 aliphatic heterocycles. The highest BCUT2D eigenvalue weighted by molar-refractivity contribution is 7.81. The van der Waals surface area contributed by atoms with E-state index in [1.165, 1.54) is 0 Å². The van der Waals surface area contributed by atoms with Crippen LogP contribution in [0.1, 0.15) is 5.56 Å². The van der Waals surface area contributed by atoms with Crippen LogP contribution in [0.2, 0.25) is 0 Å². The molecule has 0 saturated heterocycles. The van der Waals surface area contributed by atoms with Crippen molar-refractivity contribution in [3.05, 3.63) is 36.1 Å². The molecule has 17 heavy (non-hydrogen) atoms. The standard InChI is InChI=1S/C13H15NO2S/c1-14(13(15)9-17)7-6-10-8-16-12-5-3-2-4-11(10)12/h2-5,8,17H,6-7,9H2,1H3. The fourth-order valence-electron chi connectivity index (χ4n) is 1.76. The lowest BCUT2D eigenvalue weighted by Crippen LogP contribution is -2.29. The maximum absolute atomic E-state index is 11.4. The van der Waals surface area contributed by atoms with Gasteiger partial charge in [-0.2, -0.15) is 12.6 Å². The minimum absolute atomic E-state index is 0.0427. The second-order valence-corrected chi connectivity index (χ2v) is 4.30. The summed E-state index contributed by atoms with van der Waals surface area (Å²) in [6.45, 7) is 0.683. The van der Waals surface area contributed by atoms with Crippen LogP contribution >= 0.6 is 12.6 Å². The van der Waals surface area contributed by atoms with Crippen LogP contribution in [-0.2, 0) is 11.2 Å². The quantitative estimate of drug-likeness (QED) is 0.844. The van der Waals surface area contributed by atoms with Crippen molar-refractivity contribution in [2.24, 2.45) is 0 Å². The maximum Gasteiger partial charge on any atom is 0.232 e. The molecule has 0 radical (unpaired) electrons. The summed E-state index contributed by atoms with van der Waals surface area (Å²) in [5, 5.41) is 1.12. The third kappa shape index (κ3) is 2.64. The Morgan fingerprint density at radius 3 is 2.94 bits per heavy atom. The number of furan rings is 1. The van der Waals surface area contributed by atoms with E-state index in [-0.39, 0.29) is 11.7 Å². The van der Waals surface area contributed by atoms with Crippen LogP contribution in [0.3, 0.4) is 0 Å². The number of amides is 1. The number of hydrogen-bond acceptors (Lipinski definition) is 3. The Kier molecular flexibility index (Phi) is 3.74. The first kappa shape index (κ1) is 12.0. The zero-order chi connectivity index (χ0) is 12.3. The van der Waals surface area contributed by atoms with Crippen molar-refractivity contribution >= 4 is 29.5 Å². The Hall–Kier alpha value is -1.42. The second kappa shape index (κ2) is 5.27. The third-order valence-electron chi connectivity index (χ3n) is 2.84. The first-order valence-corrected chi connectivity index (χ1v) is 6.15. The lowest BCUT2D eigenvalue weighted by Gasteiger charge is -2.15. The molecule has 0 N–H and O–H groups in total. The fourth-order valence-corrected chi connectivity index (χ4v) is 2.00. The van der Waals surface area contributed by atoms with Crippen molar-refractivity contribution in [1.82, 2.24) is 4.90 Å². The molecule has 1 aromatic heterocycles. The molecular formula is C13H15NO2S. The van der Waals surface area contributed by atoms with Gasteiger partial charge < -0.3 is 9.32 Å². The molecule has 0 fully saturated rings. The molecule has 2 aromatic rings. The summed E-state index contributed by atoms with van der Waals surface area (Å²) in [5.41, 5.74) is 2.03. The Morgan fingerprint density at radius 1 is 1.41 bits per heavy atom. The lowest BCUT2D eigenvalue weighted by atomic mass is 10.1. The van der Waals surface area contributed by atoms with Gasteiger partial charge in [-0.3, -0.25) is 4.79 Å². The van der Waals surface area contributed by atoms with E-state index >= 15 is 0 Å². The normalized spacial score (nSPS) is 10.7. The van der Waals surface area contributed by atoms with Gasteiger partial charge in [-0.1, -0.05) is 18.2 Å². The van der Waals surface area contributed by atoms with E-state index in [4.69, 9.17) is 4.42 Å². The Morgan fingerprint density at radius 2 is 2.18 bits per heavy atom. The average Bonchev–Trinajstić information content (AvgIpc) is 2.78. The monoisotopic (exact) mass is 249 g/mol. The van der Waals surface area contributed by atoms with E-state index in [2.05, 4.69) is 12.6 Å². The molecule has 90 valence electrons. The highest BCUT2D eigenvalue weighted by Crippen LogP contribution is 2.21. The fraction of sp³-hybridized carbons (Fsp3) is 0.308. The Bertz CT molecular complexity index is 521. The van der Waals surface area contributed by atoms with E-state index in [9.17, 15) is 4.79 Å².